The van der Waals surface area contributed by atoms with E-state index in [1.54, 1.807) is 0 Å². The second kappa shape index (κ2) is 9.19. The van der Waals surface area contributed by atoms with E-state index in [0.29, 0.717) is 11.4 Å². The number of nitrogens with one attached hydrogen (secondary N) is 1. The molecule has 0 unspecified atom stereocenters. The molecule has 1 fully saturated rings. The average molecular weight is 436 g/mol. The van der Waals surface area contributed by atoms with Crippen molar-refractivity contribution >= 4 is 23.1 Å². The van der Waals surface area contributed by atoms with Crippen LogP contribution in [0.3, 0.4) is 0 Å². The molecule has 166 valence electrons. The van der Waals surface area contributed by atoms with Crippen molar-refractivity contribution in [2.24, 2.45) is 5.73 Å². The number of carbonyl (C=O) groups excluding carboxylic acids is 1. The first-order chi connectivity index (χ1) is 15.5. The van der Waals surface area contributed by atoms with Gasteiger partial charge in [-0.05, 0) is 43.2 Å². The third-order valence-corrected chi connectivity index (χ3v) is 5.50. The summed E-state index contributed by atoms with van der Waals surface area (Å²) in [6.45, 7) is 1.61. The number of nitrogens with two attached hydrogens (primary N) is 2. The summed E-state index contributed by atoms with van der Waals surface area (Å²) in [5, 5.41) is 2.88. The highest BCUT2D eigenvalue weighted by Crippen LogP contribution is 2.30. The first-order valence-corrected chi connectivity index (χ1v) is 10.3. The van der Waals surface area contributed by atoms with Gasteiger partial charge in [-0.3, -0.25) is 4.79 Å². The SMILES string of the molecule is COc1ccc(F)c(-c2cnc(N)c(C(=O)Nc3ccccc3N3CCC(N)CC3)n2)c1. The van der Waals surface area contributed by atoms with E-state index in [4.69, 9.17) is 16.2 Å². The molecule has 0 saturated carbocycles. The Morgan fingerprint density at radius 3 is 2.72 bits per heavy atom. The molecule has 32 heavy (non-hydrogen) atoms. The first kappa shape index (κ1) is 21.5. The fraction of sp³-hybridized carbons (Fsp3) is 0.261. The second-order valence-electron chi connectivity index (χ2n) is 7.63. The molecule has 5 N–H and O–H groups in total. The van der Waals surface area contributed by atoms with E-state index in [-0.39, 0.29) is 28.8 Å². The molecule has 0 aliphatic carbocycles. The quantitative estimate of drug-likeness (QED) is 0.562. The number of rotatable bonds is 5. The number of halogens is 1. The Balaban J connectivity index is 1.62. The summed E-state index contributed by atoms with van der Waals surface area (Å²) >= 11 is 0. The molecule has 9 heteroatoms. The summed E-state index contributed by atoms with van der Waals surface area (Å²) in [4.78, 5) is 23.6. The number of hydrogen-bond acceptors (Lipinski definition) is 7. The Bertz CT molecular complexity index is 1130. The molecule has 1 aromatic heterocycles. The number of ether oxygens (including phenoxy) is 1. The van der Waals surface area contributed by atoms with Gasteiger partial charge < -0.3 is 26.4 Å². The van der Waals surface area contributed by atoms with Crippen molar-refractivity contribution in [2.75, 3.05) is 36.1 Å². The van der Waals surface area contributed by atoms with Crippen LogP contribution in [-0.4, -0.2) is 42.1 Å². The average Bonchev–Trinajstić information content (AvgIpc) is 2.81. The summed E-state index contributed by atoms with van der Waals surface area (Å²) in [6, 6.07) is 12.0. The highest BCUT2D eigenvalue weighted by molar-refractivity contribution is 6.07. The molecule has 4 rings (SSSR count). The van der Waals surface area contributed by atoms with Gasteiger partial charge in [-0.1, -0.05) is 12.1 Å². The third kappa shape index (κ3) is 4.47. The number of hydrogen-bond donors (Lipinski definition) is 3. The zero-order valence-corrected chi connectivity index (χ0v) is 17.7. The van der Waals surface area contributed by atoms with Crippen LogP contribution in [0.15, 0.2) is 48.7 Å². The number of amides is 1. The van der Waals surface area contributed by atoms with Crippen molar-refractivity contribution in [2.45, 2.75) is 18.9 Å². The maximum Gasteiger partial charge on any atom is 0.278 e. The molecule has 1 saturated heterocycles. The second-order valence-corrected chi connectivity index (χ2v) is 7.63. The van der Waals surface area contributed by atoms with Crippen molar-refractivity contribution in [1.29, 1.82) is 0 Å². The number of anilines is 3. The van der Waals surface area contributed by atoms with Crippen LogP contribution in [0.5, 0.6) is 5.75 Å². The maximum atomic E-state index is 14.4. The van der Waals surface area contributed by atoms with Crippen LogP contribution >= 0.6 is 0 Å². The number of methoxy groups -OCH3 is 1. The van der Waals surface area contributed by atoms with Crippen LogP contribution in [0.25, 0.3) is 11.3 Å². The van der Waals surface area contributed by atoms with Gasteiger partial charge in [0.2, 0.25) is 0 Å². The van der Waals surface area contributed by atoms with E-state index in [2.05, 4.69) is 20.2 Å². The van der Waals surface area contributed by atoms with Gasteiger partial charge in [-0.15, -0.1) is 0 Å². The molecular formula is C23H25FN6O2. The molecule has 1 aliphatic heterocycles. The van der Waals surface area contributed by atoms with E-state index in [9.17, 15) is 9.18 Å². The number of nitrogens with zero attached hydrogens (tertiary/aromatic N) is 3. The van der Waals surface area contributed by atoms with Gasteiger partial charge in [0.1, 0.15) is 11.6 Å². The van der Waals surface area contributed by atoms with E-state index >= 15 is 0 Å². The monoisotopic (exact) mass is 436 g/mol. The van der Waals surface area contributed by atoms with Crippen molar-refractivity contribution in [3.05, 3.63) is 60.2 Å². The van der Waals surface area contributed by atoms with Crippen molar-refractivity contribution in [3.63, 3.8) is 0 Å². The van der Waals surface area contributed by atoms with Gasteiger partial charge in [-0.25, -0.2) is 14.4 Å². The van der Waals surface area contributed by atoms with Crippen LogP contribution in [0.2, 0.25) is 0 Å². The molecule has 0 atom stereocenters. The topological polar surface area (TPSA) is 119 Å². The van der Waals surface area contributed by atoms with Crippen molar-refractivity contribution < 1.29 is 13.9 Å². The molecular weight excluding hydrogens is 411 g/mol. The predicted molar refractivity (Wildman–Crippen MR) is 122 cm³/mol. The van der Waals surface area contributed by atoms with E-state index in [1.165, 1.54) is 31.5 Å². The van der Waals surface area contributed by atoms with Crippen LogP contribution in [0, 0.1) is 5.82 Å². The minimum atomic E-state index is -0.527. The lowest BCUT2D eigenvalue weighted by molar-refractivity contribution is 0.102. The molecule has 0 radical (unpaired) electrons. The Morgan fingerprint density at radius 2 is 1.97 bits per heavy atom. The van der Waals surface area contributed by atoms with Crippen LogP contribution in [0.1, 0.15) is 23.3 Å². The molecule has 0 bridgehead atoms. The number of aromatic nitrogens is 2. The van der Waals surface area contributed by atoms with Crippen molar-refractivity contribution in [1.82, 2.24) is 9.97 Å². The zero-order valence-electron chi connectivity index (χ0n) is 17.7. The van der Waals surface area contributed by atoms with E-state index < -0.39 is 11.7 Å². The molecule has 2 heterocycles. The molecule has 1 amide bonds. The van der Waals surface area contributed by atoms with Gasteiger partial charge in [-0.2, -0.15) is 0 Å². The first-order valence-electron chi connectivity index (χ1n) is 10.3. The van der Waals surface area contributed by atoms with Gasteiger partial charge in [0, 0.05) is 24.7 Å². The number of benzene rings is 2. The Labute approximate surface area is 185 Å². The highest BCUT2D eigenvalue weighted by Gasteiger charge is 2.21. The fourth-order valence-corrected chi connectivity index (χ4v) is 3.70. The summed E-state index contributed by atoms with van der Waals surface area (Å²) in [6.07, 6.45) is 3.10. The number of nitrogen functional groups attached to an aromatic ring is 1. The molecule has 2 aromatic carbocycles. The lowest BCUT2D eigenvalue weighted by atomic mass is 10.0. The summed E-state index contributed by atoms with van der Waals surface area (Å²) in [5.41, 5.74) is 13.7. The number of piperidine rings is 1. The molecule has 1 aliphatic rings. The lowest BCUT2D eigenvalue weighted by Gasteiger charge is -2.33. The number of carbonyl (C=O) groups is 1. The minimum absolute atomic E-state index is 0.0454. The zero-order chi connectivity index (χ0) is 22.7. The summed E-state index contributed by atoms with van der Waals surface area (Å²) in [5.74, 6) is -0.622. The Morgan fingerprint density at radius 1 is 1.22 bits per heavy atom. The number of para-hydroxylation sites is 2. The van der Waals surface area contributed by atoms with Crippen LogP contribution < -0.4 is 26.4 Å². The van der Waals surface area contributed by atoms with Crippen LogP contribution in [0.4, 0.5) is 21.6 Å². The van der Waals surface area contributed by atoms with Crippen LogP contribution in [-0.2, 0) is 0 Å². The smallest absolute Gasteiger partial charge is 0.278 e. The summed E-state index contributed by atoms with van der Waals surface area (Å²) < 4.78 is 19.5. The van der Waals surface area contributed by atoms with Gasteiger partial charge in [0.05, 0.1) is 30.4 Å². The predicted octanol–water partition coefficient (Wildman–Crippen LogP) is 3.05. The Hall–Kier alpha value is -3.72. The molecule has 3 aromatic rings. The third-order valence-electron chi connectivity index (χ3n) is 5.50. The van der Waals surface area contributed by atoms with E-state index in [1.807, 2.05) is 24.3 Å². The molecule has 0 spiro atoms. The Kier molecular flexibility index (Phi) is 6.18. The van der Waals surface area contributed by atoms with Gasteiger partial charge >= 0.3 is 0 Å². The standard InChI is InChI=1S/C23H25FN6O2/c1-32-15-6-7-17(24)16(12-15)19-13-27-22(26)21(28-19)23(31)29-18-4-2-3-5-20(18)30-10-8-14(25)9-11-30/h2-7,12-14H,8-11,25H2,1H3,(H2,26,27)(H,29,31). The maximum absolute atomic E-state index is 14.4. The van der Waals surface area contributed by atoms with Gasteiger partial charge in [0.15, 0.2) is 11.5 Å². The largest absolute Gasteiger partial charge is 0.497 e. The van der Waals surface area contributed by atoms with Crippen molar-refractivity contribution in [3.8, 4) is 17.0 Å². The molecule has 8 nitrogen and oxygen atoms in total. The lowest BCUT2D eigenvalue weighted by Crippen LogP contribution is -2.40. The van der Waals surface area contributed by atoms with E-state index in [0.717, 1.165) is 31.6 Å². The minimum Gasteiger partial charge on any atom is -0.497 e. The summed E-state index contributed by atoms with van der Waals surface area (Å²) in [7, 11) is 1.48. The van der Waals surface area contributed by atoms with Gasteiger partial charge in [0.25, 0.3) is 5.91 Å². The fourth-order valence-electron chi connectivity index (χ4n) is 3.70. The highest BCUT2D eigenvalue weighted by atomic mass is 19.1. The normalized spacial score (nSPS) is 14.3.